The minimum absolute atomic E-state index is 0.0178. The van der Waals surface area contributed by atoms with E-state index in [-0.39, 0.29) is 41.7 Å². The Balaban J connectivity index is 1.42. The Labute approximate surface area is 233 Å². The summed E-state index contributed by atoms with van der Waals surface area (Å²) >= 11 is 0. The van der Waals surface area contributed by atoms with E-state index in [1.54, 1.807) is 10.7 Å². The van der Waals surface area contributed by atoms with Crippen LogP contribution in [0.5, 0.6) is 0 Å². The summed E-state index contributed by atoms with van der Waals surface area (Å²) in [7, 11) is 1.94. The number of hydrogen-bond acceptors (Lipinski definition) is 4. The monoisotopic (exact) mass is 559 g/mol. The van der Waals surface area contributed by atoms with Crippen molar-refractivity contribution >= 4 is 11.8 Å². The number of alkyl halides is 3. The third-order valence-corrected chi connectivity index (χ3v) is 8.94. The Morgan fingerprint density at radius 2 is 1.68 bits per heavy atom. The Hall–Kier alpha value is -2.88. The molecule has 0 spiro atoms. The van der Waals surface area contributed by atoms with Gasteiger partial charge in [0.25, 0.3) is 5.91 Å². The molecule has 0 aliphatic heterocycles. The summed E-state index contributed by atoms with van der Waals surface area (Å²) in [5.74, 6) is -0.583. The molecular weight excluding hydrogens is 519 g/mol. The second kappa shape index (κ2) is 12.3. The molecule has 3 aliphatic rings. The molecule has 0 radical (unpaired) electrons. The molecule has 1 atom stereocenters. The fourth-order valence-corrected chi connectivity index (χ4v) is 6.37. The van der Waals surface area contributed by atoms with E-state index in [0.29, 0.717) is 5.69 Å². The van der Waals surface area contributed by atoms with Crippen LogP contribution in [0.3, 0.4) is 0 Å². The Morgan fingerprint density at radius 1 is 1.00 bits per heavy atom. The molecule has 1 aromatic heterocycles. The van der Waals surface area contributed by atoms with Crippen LogP contribution in [-0.2, 0) is 11.0 Å². The van der Waals surface area contributed by atoms with Crippen molar-refractivity contribution in [3.63, 3.8) is 0 Å². The first-order valence-electron chi connectivity index (χ1n) is 14.8. The highest BCUT2D eigenvalue weighted by Gasteiger charge is 2.36. The van der Waals surface area contributed by atoms with E-state index in [9.17, 15) is 22.8 Å². The first-order valence-corrected chi connectivity index (χ1v) is 14.8. The van der Waals surface area contributed by atoms with E-state index in [0.717, 1.165) is 76.7 Å². The van der Waals surface area contributed by atoms with Crippen LogP contribution in [0.1, 0.15) is 106 Å². The number of hydrogen-bond donors (Lipinski definition) is 2. The normalized spacial score (nSPS) is 19.9. The molecule has 3 saturated carbocycles. The van der Waals surface area contributed by atoms with E-state index in [4.69, 9.17) is 0 Å². The predicted molar refractivity (Wildman–Crippen MR) is 146 cm³/mol. The molecule has 218 valence electrons. The average Bonchev–Trinajstić information content (AvgIpc) is 3.60. The second-order valence-corrected chi connectivity index (χ2v) is 11.7. The molecule has 0 saturated heterocycles. The van der Waals surface area contributed by atoms with Gasteiger partial charge in [0.1, 0.15) is 0 Å². The minimum atomic E-state index is -4.54. The maximum Gasteiger partial charge on any atom is 0.417 e. The van der Waals surface area contributed by atoms with E-state index in [1.165, 1.54) is 24.6 Å². The molecule has 0 bridgehead atoms. The van der Waals surface area contributed by atoms with Crippen LogP contribution >= 0.6 is 0 Å². The third-order valence-electron chi connectivity index (χ3n) is 8.94. The number of aromatic nitrogens is 2. The highest BCUT2D eigenvalue weighted by molar-refractivity contribution is 5.94. The fourth-order valence-electron chi connectivity index (χ4n) is 6.37. The van der Waals surface area contributed by atoms with Crippen molar-refractivity contribution in [2.45, 2.75) is 114 Å². The summed E-state index contributed by atoms with van der Waals surface area (Å²) in [5.41, 5.74) is -0.363. The molecule has 2 aromatic rings. The Kier molecular flexibility index (Phi) is 8.83. The molecule has 5 rings (SSSR count). The lowest BCUT2D eigenvalue weighted by molar-refractivity contribution is -0.137. The summed E-state index contributed by atoms with van der Waals surface area (Å²) in [6, 6.07) is 7.32. The Bertz CT molecular complexity index is 1180. The summed E-state index contributed by atoms with van der Waals surface area (Å²) in [5, 5.41) is 10.7. The highest BCUT2D eigenvalue weighted by atomic mass is 19.4. The quantitative estimate of drug-likeness (QED) is 0.366. The van der Waals surface area contributed by atoms with Gasteiger partial charge in [-0.1, -0.05) is 50.3 Å². The van der Waals surface area contributed by atoms with E-state index < -0.39 is 23.8 Å². The maximum absolute atomic E-state index is 13.9. The number of nitrogens with zero attached hydrogens (tertiary/aromatic N) is 3. The summed E-state index contributed by atoms with van der Waals surface area (Å²) in [6.07, 6.45) is 7.04. The average molecular weight is 560 g/mol. The topological polar surface area (TPSA) is 79.3 Å². The molecule has 2 N–H and O–H groups in total. The number of rotatable bonds is 9. The van der Waals surface area contributed by atoms with Gasteiger partial charge in [-0.25, -0.2) is 0 Å². The van der Waals surface area contributed by atoms with E-state index in [2.05, 4.69) is 20.6 Å². The van der Waals surface area contributed by atoms with Crippen LogP contribution in [0.2, 0.25) is 0 Å². The number of amides is 2. The summed E-state index contributed by atoms with van der Waals surface area (Å²) < 4.78 is 43.4. The molecule has 3 aliphatic carbocycles. The van der Waals surface area contributed by atoms with Crippen molar-refractivity contribution in [3.8, 4) is 11.3 Å². The molecule has 1 heterocycles. The molecule has 1 unspecified atom stereocenters. The van der Waals surface area contributed by atoms with E-state index >= 15 is 0 Å². The van der Waals surface area contributed by atoms with Gasteiger partial charge < -0.3 is 10.6 Å². The van der Waals surface area contributed by atoms with Crippen LogP contribution < -0.4 is 10.6 Å². The van der Waals surface area contributed by atoms with Crippen molar-refractivity contribution in [3.05, 3.63) is 41.6 Å². The van der Waals surface area contributed by atoms with Gasteiger partial charge in [-0.05, 0) is 64.1 Å². The first-order chi connectivity index (χ1) is 19.2. The second-order valence-electron chi connectivity index (χ2n) is 11.7. The van der Waals surface area contributed by atoms with Gasteiger partial charge in [0.05, 0.1) is 29.9 Å². The van der Waals surface area contributed by atoms with Crippen LogP contribution in [0, 0.1) is 0 Å². The van der Waals surface area contributed by atoms with Crippen LogP contribution in [0.25, 0.3) is 11.3 Å². The number of nitrogens with one attached hydrogen (secondary N) is 2. The van der Waals surface area contributed by atoms with Crippen molar-refractivity contribution in [1.82, 2.24) is 25.3 Å². The smallest absolute Gasteiger partial charge is 0.353 e. The van der Waals surface area contributed by atoms with E-state index in [1.807, 2.05) is 7.05 Å². The van der Waals surface area contributed by atoms with Gasteiger partial charge in [0.15, 0.2) is 5.69 Å². The lowest BCUT2D eigenvalue weighted by Crippen LogP contribution is -2.53. The summed E-state index contributed by atoms with van der Waals surface area (Å²) in [4.78, 5) is 28.6. The zero-order valence-corrected chi connectivity index (χ0v) is 23.2. The standard InChI is InChI=1S/C30H40F3N5O2/c1-37(21-12-3-2-4-13-21)27(19-28(39)34-20-10-9-11-20)35-29(40)25-18-26(38(36-25)22-14-5-6-15-22)23-16-7-8-17-24(23)30(31,32)33/h7-8,16-18,20-22,27H,2-6,9-15,19H2,1H3,(H,34,39)(H,35,40). The molecule has 40 heavy (non-hydrogen) atoms. The lowest BCUT2D eigenvalue weighted by atomic mass is 9.92. The van der Waals surface area contributed by atoms with Gasteiger partial charge in [-0.2, -0.15) is 18.3 Å². The number of carbonyl (C=O) groups excluding carboxylic acids is 2. The van der Waals surface area contributed by atoms with Crippen molar-refractivity contribution in [2.75, 3.05) is 7.05 Å². The maximum atomic E-state index is 13.9. The highest BCUT2D eigenvalue weighted by Crippen LogP contribution is 2.40. The molecule has 2 amide bonds. The fraction of sp³-hybridized carbons (Fsp3) is 0.633. The van der Waals surface area contributed by atoms with Crippen molar-refractivity contribution in [2.24, 2.45) is 0 Å². The zero-order valence-electron chi connectivity index (χ0n) is 23.2. The summed E-state index contributed by atoms with van der Waals surface area (Å²) in [6.45, 7) is 0. The number of carbonyl (C=O) groups is 2. The van der Waals surface area contributed by atoms with Crippen molar-refractivity contribution < 1.29 is 22.8 Å². The molecule has 7 nitrogen and oxygen atoms in total. The largest absolute Gasteiger partial charge is 0.417 e. The van der Waals surface area contributed by atoms with Crippen molar-refractivity contribution in [1.29, 1.82) is 0 Å². The van der Waals surface area contributed by atoms with Crippen LogP contribution in [0.15, 0.2) is 30.3 Å². The van der Waals surface area contributed by atoms with Crippen LogP contribution in [0.4, 0.5) is 13.2 Å². The zero-order chi connectivity index (χ0) is 28.3. The Morgan fingerprint density at radius 3 is 2.33 bits per heavy atom. The molecule has 10 heteroatoms. The number of halogens is 3. The number of benzene rings is 1. The molecule has 3 fully saturated rings. The predicted octanol–water partition coefficient (Wildman–Crippen LogP) is 6.06. The lowest BCUT2D eigenvalue weighted by Gasteiger charge is -2.37. The first kappa shape index (κ1) is 28.6. The SMILES string of the molecule is CN(C1CCCCC1)C(CC(=O)NC1CCC1)NC(=O)c1cc(-c2ccccc2C(F)(F)F)n(C2CCCC2)n1. The molecule has 1 aromatic carbocycles. The van der Waals surface area contributed by atoms with Gasteiger partial charge in [-0.15, -0.1) is 0 Å². The van der Waals surface area contributed by atoms with Gasteiger partial charge >= 0.3 is 6.18 Å². The van der Waals surface area contributed by atoms with Gasteiger partial charge in [0.2, 0.25) is 5.91 Å². The van der Waals surface area contributed by atoms with Crippen LogP contribution in [-0.4, -0.2) is 51.8 Å². The minimum Gasteiger partial charge on any atom is -0.353 e. The molecular formula is C30H40F3N5O2. The third kappa shape index (κ3) is 6.53. The van der Waals surface area contributed by atoms with Gasteiger partial charge in [0, 0.05) is 17.6 Å². The van der Waals surface area contributed by atoms with Gasteiger partial charge in [-0.3, -0.25) is 19.2 Å².